The van der Waals surface area contributed by atoms with Crippen molar-refractivity contribution in [1.82, 2.24) is 0 Å². The Bertz CT molecular complexity index is 1560. The zero-order chi connectivity index (χ0) is 30.8. The molecular formula is C34H34F2O5S2. The van der Waals surface area contributed by atoms with Gasteiger partial charge in [0.25, 0.3) is 0 Å². The predicted octanol–water partition coefficient (Wildman–Crippen LogP) is 7.33. The molecule has 0 radical (unpaired) electrons. The Kier molecular flexibility index (Phi) is 7.54. The van der Waals surface area contributed by atoms with E-state index in [1.165, 1.54) is 30.0 Å². The number of carboxylic acid groups (broad SMARTS) is 1. The van der Waals surface area contributed by atoms with Gasteiger partial charge in [-0.1, -0.05) is 60.3 Å². The number of carbonyl (C=O) groups excluding carboxylic acids is 2. The van der Waals surface area contributed by atoms with Crippen molar-refractivity contribution in [3.63, 3.8) is 0 Å². The van der Waals surface area contributed by atoms with Crippen LogP contribution in [0, 0.1) is 22.7 Å². The number of halogens is 2. The Morgan fingerprint density at radius 2 is 1.79 bits per heavy atom. The molecule has 0 spiro atoms. The van der Waals surface area contributed by atoms with E-state index in [0.29, 0.717) is 42.2 Å². The van der Waals surface area contributed by atoms with Gasteiger partial charge in [0.05, 0.1) is 17.1 Å². The molecule has 0 saturated heterocycles. The Hall–Kier alpha value is -2.75. The van der Waals surface area contributed by atoms with Crippen LogP contribution in [0.4, 0.5) is 8.78 Å². The number of hydrogen-bond donors (Lipinski definition) is 2. The zero-order valence-electron chi connectivity index (χ0n) is 24.0. The third-order valence-electron chi connectivity index (χ3n) is 11.0. The number of aromatic carboxylic acids is 1. The molecule has 3 unspecified atom stereocenters. The molecule has 4 aliphatic carbocycles. The quantitative estimate of drug-likeness (QED) is 0.348. The third-order valence-corrected chi connectivity index (χ3v) is 12.7. The zero-order valence-corrected chi connectivity index (χ0v) is 25.7. The summed E-state index contributed by atoms with van der Waals surface area (Å²) in [7, 11) is 0. The summed E-state index contributed by atoms with van der Waals surface area (Å²) >= 11 is 1.94. The van der Waals surface area contributed by atoms with Crippen molar-refractivity contribution < 1.29 is 33.4 Å². The molecule has 9 heteroatoms. The van der Waals surface area contributed by atoms with Crippen molar-refractivity contribution in [3.8, 4) is 0 Å². The molecule has 43 heavy (non-hydrogen) atoms. The summed E-state index contributed by atoms with van der Waals surface area (Å²) in [6.45, 7) is 3.60. The van der Waals surface area contributed by atoms with E-state index in [1.807, 2.05) is 37.3 Å². The van der Waals surface area contributed by atoms with E-state index >= 15 is 4.39 Å². The maximum atomic E-state index is 17.7. The number of allylic oxidation sites excluding steroid dienone is 4. The van der Waals surface area contributed by atoms with Gasteiger partial charge in [-0.25, -0.2) is 13.6 Å². The summed E-state index contributed by atoms with van der Waals surface area (Å²) in [5, 5.41) is 21.7. The molecule has 2 aromatic carbocycles. The van der Waals surface area contributed by atoms with Crippen molar-refractivity contribution in [2.45, 2.75) is 72.9 Å². The van der Waals surface area contributed by atoms with Gasteiger partial charge in [-0.2, -0.15) is 0 Å². The standard InChI is InChI=1S/C34H34F2O5S2/c1-31-14-12-21(37)16-20(31)8-11-26-25-13-15-33(30(41)42-19-35,32(25,2)18-28(38)34(26,31)36)27-17-23(9-10-24(27)29(39)40)43-22-6-4-3-5-7-22/h3-7,9-10,12,14,16-17,25-26,28,38H,8,11,13,15,18-19H2,1-2H3,(H,39,40)/t25?,26?,28-,31-,32-,33-,34?/m0/s1. The molecule has 3 saturated carbocycles. The number of ketones is 1. The molecule has 0 aromatic heterocycles. The fourth-order valence-corrected chi connectivity index (χ4v) is 10.7. The van der Waals surface area contributed by atoms with Gasteiger partial charge in [0.2, 0.25) is 5.12 Å². The third kappa shape index (κ3) is 4.25. The lowest BCUT2D eigenvalue weighted by atomic mass is 9.43. The van der Waals surface area contributed by atoms with Gasteiger partial charge in [0.1, 0.15) is 6.01 Å². The van der Waals surface area contributed by atoms with E-state index in [1.54, 1.807) is 25.1 Å². The van der Waals surface area contributed by atoms with Crippen molar-refractivity contribution in [1.29, 1.82) is 0 Å². The number of rotatable bonds is 6. The molecule has 6 rings (SSSR count). The molecule has 7 atom stereocenters. The van der Waals surface area contributed by atoms with Crippen LogP contribution in [0.1, 0.15) is 61.9 Å². The first-order chi connectivity index (χ1) is 20.4. The highest BCUT2D eigenvalue weighted by molar-refractivity contribution is 8.13. The normalized spacial score (nSPS) is 36.3. The summed E-state index contributed by atoms with van der Waals surface area (Å²) in [5.74, 6) is -2.44. The Balaban J connectivity index is 1.51. The van der Waals surface area contributed by atoms with Crippen LogP contribution >= 0.6 is 23.5 Å². The van der Waals surface area contributed by atoms with Gasteiger partial charge in [0.15, 0.2) is 11.5 Å². The SMILES string of the molecule is C[C@]12C=CC(=O)C=C1CCC1C3CC[C@@](C(=O)SCF)(c4cc(Sc5ccccc5)ccc4C(=O)O)[C@@]3(C)C[C@H](O)C12F. The fourth-order valence-electron chi connectivity index (χ4n) is 9.05. The highest BCUT2D eigenvalue weighted by Gasteiger charge is 2.74. The predicted molar refractivity (Wildman–Crippen MR) is 163 cm³/mol. The Morgan fingerprint density at radius 1 is 1.05 bits per heavy atom. The lowest BCUT2D eigenvalue weighted by Gasteiger charge is -2.63. The second-order valence-corrected chi connectivity index (χ2v) is 14.7. The molecule has 2 aromatic rings. The van der Waals surface area contributed by atoms with Gasteiger partial charge in [-0.05, 0) is 98.4 Å². The number of alkyl halides is 2. The second-order valence-electron chi connectivity index (χ2n) is 12.7. The highest BCUT2D eigenvalue weighted by atomic mass is 32.2. The molecule has 0 amide bonds. The van der Waals surface area contributed by atoms with E-state index in [-0.39, 0.29) is 30.1 Å². The number of thioether (sulfide) groups is 1. The molecule has 3 fully saturated rings. The summed E-state index contributed by atoms with van der Waals surface area (Å²) in [5.41, 5.74) is -4.90. The average molecular weight is 625 g/mol. The second kappa shape index (κ2) is 10.7. The van der Waals surface area contributed by atoms with Crippen LogP contribution in [0.2, 0.25) is 0 Å². The first-order valence-electron chi connectivity index (χ1n) is 14.6. The summed E-state index contributed by atoms with van der Waals surface area (Å²) in [4.78, 5) is 40.7. The minimum absolute atomic E-state index is 0.0479. The smallest absolute Gasteiger partial charge is 0.335 e. The monoisotopic (exact) mass is 624 g/mol. The van der Waals surface area contributed by atoms with Crippen LogP contribution in [0.5, 0.6) is 0 Å². The van der Waals surface area contributed by atoms with E-state index in [2.05, 4.69) is 0 Å². The number of aliphatic hydroxyl groups is 1. The van der Waals surface area contributed by atoms with E-state index in [4.69, 9.17) is 0 Å². The van der Waals surface area contributed by atoms with E-state index in [9.17, 15) is 29.0 Å². The molecule has 0 aliphatic heterocycles. The average Bonchev–Trinajstić information content (AvgIpc) is 3.27. The summed E-state index contributed by atoms with van der Waals surface area (Å²) < 4.78 is 31.6. The molecule has 226 valence electrons. The van der Waals surface area contributed by atoms with Gasteiger partial charge in [-0.3, -0.25) is 9.59 Å². The van der Waals surface area contributed by atoms with Crippen LogP contribution < -0.4 is 0 Å². The highest BCUT2D eigenvalue weighted by Crippen LogP contribution is 2.72. The molecule has 0 bridgehead atoms. The van der Waals surface area contributed by atoms with E-state index in [0.717, 1.165) is 9.79 Å². The van der Waals surface area contributed by atoms with Gasteiger partial charge < -0.3 is 10.2 Å². The molecule has 0 heterocycles. The number of benzene rings is 2. The van der Waals surface area contributed by atoms with Crippen LogP contribution in [0.15, 0.2) is 82.1 Å². The molecule has 2 N–H and O–H groups in total. The van der Waals surface area contributed by atoms with Gasteiger partial charge >= 0.3 is 5.97 Å². The van der Waals surface area contributed by atoms with Crippen LogP contribution in [-0.2, 0) is 15.0 Å². The lowest BCUT2D eigenvalue weighted by molar-refractivity contribution is -0.197. The Morgan fingerprint density at radius 3 is 2.49 bits per heavy atom. The minimum Gasteiger partial charge on any atom is -0.478 e. The van der Waals surface area contributed by atoms with Crippen molar-refractivity contribution >= 4 is 40.4 Å². The minimum atomic E-state index is -2.09. The number of carbonyl (C=O) groups is 3. The number of aliphatic hydroxyl groups excluding tert-OH is 1. The first kappa shape index (κ1) is 30.3. The van der Waals surface area contributed by atoms with Gasteiger partial charge in [0, 0.05) is 21.1 Å². The van der Waals surface area contributed by atoms with Crippen LogP contribution in [-0.4, -0.2) is 44.9 Å². The van der Waals surface area contributed by atoms with Crippen molar-refractivity contribution in [2.75, 3.05) is 6.01 Å². The van der Waals surface area contributed by atoms with Crippen LogP contribution in [0.3, 0.4) is 0 Å². The maximum absolute atomic E-state index is 17.7. The topological polar surface area (TPSA) is 91.7 Å². The number of hydrogen-bond acceptors (Lipinski definition) is 6. The molecule has 5 nitrogen and oxygen atoms in total. The summed E-state index contributed by atoms with van der Waals surface area (Å²) in [6.07, 6.45) is 4.32. The summed E-state index contributed by atoms with van der Waals surface area (Å²) in [6, 6.07) is 13.5. The Labute approximate surface area is 258 Å². The lowest BCUT2D eigenvalue weighted by Crippen LogP contribution is -2.68. The number of carboxylic acids is 1. The van der Waals surface area contributed by atoms with Crippen LogP contribution in [0.25, 0.3) is 0 Å². The van der Waals surface area contributed by atoms with Crippen molar-refractivity contribution in [2.24, 2.45) is 22.7 Å². The first-order valence-corrected chi connectivity index (χ1v) is 16.4. The van der Waals surface area contributed by atoms with E-state index < -0.39 is 51.0 Å². The van der Waals surface area contributed by atoms with Gasteiger partial charge in [-0.15, -0.1) is 0 Å². The number of fused-ring (bicyclic) bond motifs is 5. The molecule has 4 aliphatic rings. The maximum Gasteiger partial charge on any atom is 0.335 e. The largest absolute Gasteiger partial charge is 0.478 e. The van der Waals surface area contributed by atoms with Crippen molar-refractivity contribution in [3.05, 3.63) is 83.5 Å². The fraction of sp³-hybridized carbons (Fsp3) is 0.441. The molecular weight excluding hydrogens is 590 g/mol.